The summed E-state index contributed by atoms with van der Waals surface area (Å²) in [6.07, 6.45) is 0.376. The third-order valence-electron chi connectivity index (χ3n) is 7.09. The fourth-order valence-electron chi connectivity index (χ4n) is 5.50. The summed E-state index contributed by atoms with van der Waals surface area (Å²) in [5.41, 5.74) is 4.63. The Morgan fingerprint density at radius 2 is 1.59 bits per heavy atom. The molecule has 0 saturated heterocycles. The number of rotatable bonds is 7. The Hall–Kier alpha value is -3.87. The molecule has 7 nitrogen and oxygen atoms in total. The van der Waals surface area contributed by atoms with E-state index in [9.17, 15) is 14.4 Å². The smallest absolute Gasteiger partial charge is 0.336 e. The van der Waals surface area contributed by atoms with Gasteiger partial charge in [0.05, 0.1) is 25.9 Å². The van der Waals surface area contributed by atoms with Crippen LogP contribution in [0.2, 0.25) is 0 Å². The number of dihydropyridines is 1. The summed E-state index contributed by atoms with van der Waals surface area (Å²) < 4.78 is 16.4. The molecule has 0 fully saturated rings. The lowest BCUT2D eigenvalue weighted by atomic mass is 9.66. The van der Waals surface area contributed by atoms with Gasteiger partial charge in [-0.3, -0.25) is 9.59 Å². The van der Waals surface area contributed by atoms with Gasteiger partial charge in [0.15, 0.2) is 5.78 Å². The van der Waals surface area contributed by atoms with Crippen molar-refractivity contribution < 1.29 is 28.6 Å². The highest BCUT2D eigenvalue weighted by Gasteiger charge is 2.49. The fourth-order valence-corrected chi connectivity index (χ4v) is 5.50. The number of methoxy groups -OCH3 is 1. The van der Waals surface area contributed by atoms with Crippen molar-refractivity contribution in [3.05, 3.63) is 87.8 Å². The van der Waals surface area contributed by atoms with Crippen LogP contribution in [0.15, 0.2) is 71.1 Å². The van der Waals surface area contributed by atoms with Crippen molar-refractivity contribution in [2.45, 2.75) is 46.0 Å². The molecule has 0 spiro atoms. The lowest BCUT2D eigenvalue weighted by molar-refractivity contribution is -0.152. The van der Waals surface area contributed by atoms with Gasteiger partial charge in [-0.05, 0) is 56.9 Å². The van der Waals surface area contributed by atoms with E-state index in [2.05, 4.69) is 5.32 Å². The van der Waals surface area contributed by atoms with Gasteiger partial charge in [0, 0.05) is 28.8 Å². The summed E-state index contributed by atoms with van der Waals surface area (Å²) in [5, 5.41) is 3.33. The largest absolute Gasteiger partial charge is 0.496 e. The van der Waals surface area contributed by atoms with Crippen molar-refractivity contribution in [1.82, 2.24) is 5.32 Å². The van der Waals surface area contributed by atoms with Crippen LogP contribution in [0.25, 0.3) is 0 Å². The molecule has 37 heavy (non-hydrogen) atoms. The van der Waals surface area contributed by atoms with Crippen molar-refractivity contribution in [2.75, 3.05) is 20.3 Å². The average molecular weight is 504 g/mol. The molecular weight excluding hydrogens is 470 g/mol. The zero-order chi connectivity index (χ0) is 26.7. The van der Waals surface area contributed by atoms with Gasteiger partial charge >= 0.3 is 11.9 Å². The topological polar surface area (TPSA) is 90.9 Å². The fraction of sp³-hybridized carbons (Fsp3) is 0.367. The normalized spacial score (nSPS) is 21.2. The van der Waals surface area contributed by atoms with Crippen molar-refractivity contribution >= 4 is 17.7 Å². The summed E-state index contributed by atoms with van der Waals surface area (Å²) in [6.45, 7) is 7.59. The van der Waals surface area contributed by atoms with Crippen molar-refractivity contribution in [1.29, 1.82) is 0 Å². The number of esters is 2. The summed E-state index contributed by atoms with van der Waals surface area (Å²) >= 11 is 0. The first-order chi connectivity index (χ1) is 17.8. The minimum atomic E-state index is -1.08. The maximum Gasteiger partial charge on any atom is 0.336 e. The third kappa shape index (κ3) is 4.78. The van der Waals surface area contributed by atoms with Crippen LogP contribution in [0, 0.1) is 12.8 Å². The number of para-hydroxylation sites is 1. The first kappa shape index (κ1) is 26.2. The Kier molecular flexibility index (Phi) is 7.81. The predicted octanol–water partition coefficient (Wildman–Crippen LogP) is 4.72. The highest BCUT2D eigenvalue weighted by Crippen LogP contribution is 2.49. The van der Waals surface area contributed by atoms with Crippen LogP contribution < -0.4 is 10.1 Å². The number of hydrogen-bond acceptors (Lipinski definition) is 7. The minimum Gasteiger partial charge on any atom is -0.496 e. The molecule has 4 rings (SSSR count). The van der Waals surface area contributed by atoms with Gasteiger partial charge in [-0.2, -0.15) is 0 Å². The second kappa shape index (κ2) is 11.0. The summed E-state index contributed by atoms with van der Waals surface area (Å²) in [4.78, 5) is 40.9. The number of aryl methyl sites for hydroxylation is 1. The third-order valence-corrected chi connectivity index (χ3v) is 7.09. The van der Waals surface area contributed by atoms with Crippen LogP contribution in [-0.4, -0.2) is 38.0 Å². The molecule has 0 bridgehead atoms. The molecule has 0 saturated carbocycles. The monoisotopic (exact) mass is 503 g/mol. The Labute approximate surface area is 217 Å². The number of carbonyl (C=O) groups excluding carboxylic acids is 3. The maximum atomic E-state index is 14.4. The number of nitrogens with one attached hydrogen (secondary N) is 1. The first-order valence-electron chi connectivity index (χ1n) is 12.6. The number of Topliss-reactive ketones (excluding diaryl/α,β-unsaturated/α-hetero) is 1. The van der Waals surface area contributed by atoms with E-state index >= 15 is 0 Å². The van der Waals surface area contributed by atoms with Crippen molar-refractivity contribution in [3.8, 4) is 5.75 Å². The van der Waals surface area contributed by atoms with Crippen LogP contribution in [0.4, 0.5) is 0 Å². The molecule has 0 aromatic heterocycles. The summed E-state index contributed by atoms with van der Waals surface area (Å²) in [6, 6.07) is 15.1. The van der Waals surface area contributed by atoms with E-state index in [1.54, 1.807) is 21.0 Å². The Morgan fingerprint density at radius 3 is 2.24 bits per heavy atom. The molecule has 1 aliphatic carbocycles. The molecule has 1 aliphatic heterocycles. The quantitative estimate of drug-likeness (QED) is 0.432. The molecule has 0 unspecified atom stereocenters. The van der Waals surface area contributed by atoms with Crippen LogP contribution in [0.5, 0.6) is 5.75 Å². The van der Waals surface area contributed by atoms with Crippen LogP contribution in [-0.2, 0) is 23.9 Å². The molecule has 0 amide bonds. The number of ether oxygens (including phenoxy) is 3. The molecular formula is C30H33NO6. The van der Waals surface area contributed by atoms with Gasteiger partial charge in [0.1, 0.15) is 11.7 Å². The molecule has 1 N–H and O–H groups in total. The highest BCUT2D eigenvalue weighted by molar-refractivity contribution is 6.13. The first-order valence-corrected chi connectivity index (χ1v) is 12.6. The van der Waals surface area contributed by atoms with Gasteiger partial charge in [-0.15, -0.1) is 0 Å². The lowest BCUT2D eigenvalue weighted by Crippen LogP contribution is -2.43. The molecule has 2 aliphatic rings. The Bertz CT molecular complexity index is 1290. The van der Waals surface area contributed by atoms with E-state index in [-0.39, 0.29) is 19.0 Å². The minimum absolute atomic E-state index is 0.153. The van der Waals surface area contributed by atoms with E-state index < -0.39 is 29.7 Å². The van der Waals surface area contributed by atoms with Crippen molar-refractivity contribution in [2.24, 2.45) is 5.92 Å². The zero-order valence-corrected chi connectivity index (χ0v) is 21.9. The Balaban J connectivity index is 1.94. The van der Waals surface area contributed by atoms with E-state index in [1.807, 2.05) is 62.4 Å². The van der Waals surface area contributed by atoms with Gasteiger partial charge in [-0.1, -0.05) is 42.5 Å². The average Bonchev–Trinajstić information content (AvgIpc) is 2.88. The lowest BCUT2D eigenvalue weighted by Gasteiger charge is -2.40. The standard InChI is InChI=1S/C30H33NO6/c1-6-36-29(33)24-18(4)31-22-16-21(20-14-10-11-15-23(20)35-5)26(30(34)37-7-2)28(32)27(22)25(24)19-13-9-8-12-17(19)3/h8-15,21,25-26,31H,6-7,16H2,1-5H3/t21-,25+,26+/m0/s1. The zero-order valence-electron chi connectivity index (χ0n) is 21.9. The molecule has 2 aromatic carbocycles. The van der Waals surface area contributed by atoms with E-state index in [0.29, 0.717) is 34.7 Å². The van der Waals surface area contributed by atoms with Gasteiger partial charge in [0.25, 0.3) is 0 Å². The van der Waals surface area contributed by atoms with Crippen LogP contribution in [0.1, 0.15) is 55.7 Å². The molecule has 0 radical (unpaired) electrons. The number of allylic oxidation sites excluding steroid dienone is 3. The van der Waals surface area contributed by atoms with Crippen LogP contribution in [0.3, 0.4) is 0 Å². The summed E-state index contributed by atoms with van der Waals surface area (Å²) in [5.74, 6) is -3.06. The second-order valence-electron chi connectivity index (χ2n) is 9.21. The Morgan fingerprint density at radius 1 is 0.946 bits per heavy atom. The predicted molar refractivity (Wildman–Crippen MR) is 139 cm³/mol. The number of carbonyl (C=O) groups is 3. The van der Waals surface area contributed by atoms with Gasteiger partial charge in [0.2, 0.25) is 0 Å². The van der Waals surface area contributed by atoms with E-state index in [0.717, 1.165) is 16.7 Å². The van der Waals surface area contributed by atoms with Crippen LogP contribution >= 0.6 is 0 Å². The second-order valence-corrected chi connectivity index (χ2v) is 9.21. The maximum absolute atomic E-state index is 14.4. The van der Waals surface area contributed by atoms with Gasteiger partial charge < -0.3 is 19.5 Å². The number of ketones is 1. The number of benzene rings is 2. The van der Waals surface area contributed by atoms with E-state index in [1.165, 1.54) is 0 Å². The molecule has 2 aromatic rings. The van der Waals surface area contributed by atoms with E-state index in [4.69, 9.17) is 14.2 Å². The van der Waals surface area contributed by atoms with Gasteiger partial charge in [-0.25, -0.2) is 4.79 Å². The number of hydrogen-bond donors (Lipinski definition) is 1. The molecule has 1 heterocycles. The summed E-state index contributed by atoms with van der Waals surface area (Å²) in [7, 11) is 1.57. The molecule has 194 valence electrons. The highest BCUT2D eigenvalue weighted by atomic mass is 16.5. The SMILES string of the molecule is CCOC(=O)C1=C(C)NC2=C(C(=O)[C@H](C(=O)OCC)[C@H](c3ccccc3OC)C2)[C@@H]1c1ccccc1C. The molecule has 3 atom stereocenters. The van der Waals surface area contributed by atoms with Crippen molar-refractivity contribution in [3.63, 3.8) is 0 Å². The molecule has 7 heteroatoms.